The monoisotopic (exact) mass is 615 g/mol. The summed E-state index contributed by atoms with van der Waals surface area (Å²) in [5.74, 6) is -2.73. The first-order valence-corrected chi connectivity index (χ1v) is 14.1. The van der Waals surface area contributed by atoms with Gasteiger partial charge in [0.1, 0.15) is 17.7 Å². The van der Waals surface area contributed by atoms with Crippen molar-refractivity contribution in [3.8, 4) is 0 Å². The lowest BCUT2D eigenvalue weighted by molar-refractivity contribution is -0.134. The highest BCUT2D eigenvalue weighted by Gasteiger charge is 2.28. The topological polar surface area (TPSA) is 227 Å². The van der Waals surface area contributed by atoms with E-state index in [1.165, 1.54) is 0 Å². The van der Waals surface area contributed by atoms with E-state index in [0.29, 0.717) is 12.1 Å². The van der Waals surface area contributed by atoms with Crippen LogP contribution in [0.5, 0.6) is 0 Å². The number of hydrogen-bond acceptors (Lipinski definition) is 7. The van der Waals surface area contributed by atoms with Crippen molar-refractivity contribution in [1.82, 2.24) is 16.0 Å². The third-order valence-corrected chi connectivity index (χ3v) is 5.66. The Morgan fingerprint density at radius 1 is 0.955 bits per heavy atom. The Labute approximate surface area is 257 Å². The molecule has 0 heterocycles. The number of amides is 4. The number of nitrogens with one attached hydrogen (secondary N) is 4. The van der Waals surface area contributed by atoms with E-state index in [1.807, 2.05) is 36.4 Å². The van der Waals surface area contributed by atoms with Crippen molar-refractivity contribution in [2.75, 3.05) is 18.4 Å². The fourth-order valence-corrected chi connectivity index (χ4v) is 3.76. The van der Waals surface area contributed by atoms with E-state index in [9.17, 15) is 19.2 Å². The Morgan fingerprint density at radius 3 is 2.14 bits per heavy atom. The maximum Gasteiger partial charge on any atom is 0.408 e. The summed E-state index contributed by atoms with van der Waals surface area (Å²) in [4.78, 5) is 63.7. The summed E-state index contributed by atoms with van der Waals surface area (Å²) in [6, 6.07) is 11.4. The lowest BCUT2D eigenvalue weighted by Gasteiger charge is -2.25. The number of fused-ring (bicyclic) bond motifs is 1. The first-order chi connectivity index (χ1) is 20.5. The van der Waals surface area contributed by atoms with Crippen LogP contribution in [0.1, 0.15) is 54.4 Å². The molecule has 0 radical (unpaired) electrons. The van der Waals surface area contributed by atoms with Crippen LogP contribution in [0.4, 0.5) is 10.5 Å². The molecule has 242 valence electrons. The van der Waals surface area contributed by atoms with Gasteiger partial charge in [-0.2, -0.15) is 0 Å². The zero-order valence-electron chi connectivity index (χ0n) is 26.1. The molecule has 0 aromatic heterocycles. The number of carboxylic acid groups (broad SMARTS) is 1. The van der Waals surface area contributed by atoms with Gasteiger partial charge >= 0.3 is 6.09 Å². The molecule has 0 saturated carbocycles. The molecule has 2 rings (SSSR count). The van der Waals surface area contributed by atoms with Gasteiger partial charge in [0.2, 0.25) is 17.7 Å². The van der Waals surface area contributed by atoms with Crippen molar-refractivity contribution in [1.29, 1.82) is 0 Å². The largest absolute Gasteiger partial charge is 0.481 e. The number of anilines is 1. The molecule has 2 atom stereocenters. The number of guanidine groups is 1. The normalized spacial score (nSPS) is 12.1. The maximum atomic E-state index is 13.1. The summed E-state index contributed by atoms with van der Waals surface area (Å²) >= 11 is 0. The van der Waals surface area contributed by atoms with Gasteiger partial charge in [-0.15, -0.1) is 0 Å². The smallest absolute Gasteiger partial charge is 0.408 e. The van der Waals surface area contributed by atoms with Gasteiger partial charge in [-0.25, -0.2) is 4.79 Å². The number of benzene rings is 2. The van der Waals surface area contributed by atoms with Crippen LogP contribution < -0.4 is 32.7 Å². The van der Waals surface area contributed by atoms with E-state index in [2.05, 4.69) is 26.3 Å². The number of nitrogens with two attached hydrogens (primary N) is 2. The van der Waals surface area contributed by atoms with Crippen LogP contribution in [0.25, 0.3) is 10.8 Å². The predicted octanol–water partition coefficient (Wildman–Crippen LogP) is 2.07. The van der Waals surface area contributed by atoms with Gasteiger partial charge in [0, 0.05) is 19.2 Å². The van der Waals surface area contributed by atoms with Crippen LogP contribution in [-0.2, 0) is 23.9 Å². The van der Waals surface area contributed by atoms with Gasteiger partial charge in [-0.05, 0) is 62.4 Å². The van der Waals surface area contributed by atoms with Crippen molar-refractivity contribution in [3.63, 3.8) is 0 Å². The van der Waals surface area contributed by atoms with Gasteiger partial charge in [-0.3, -0.25) is 24.2 Å². The summed E-state index contributed by atoms with van der Waals surface area (Å²) in [7, 11) is 0. The molecule has 2 aromatic carbocycles. The summed E-state index contributed by atoms with van der Waals surface area (Å²) in [6.45, 7) is 9.62. The summed E-state index contributed by atoms with van der Waals surface area (Å²) in [5, 5.41) is 20.0. The van der Waals surface area contributed by atoms with E-state index >= 15 is 0 Å². The second kappa shape index (κ2) is 17.9. The number of carboxylic acids is 1. The van der Waals surface area contributed by atoms with Crippen molar-refractivity contribution in [2.45, 2.75) is 72.1 Å². The first-order valence-electron chi connectivity index (χ1n) is 14.1. The molecule has 0 fully saturated rings. The first kappa shape index (κ1) is 37.1. The van der Waals surface area contributed by atoms with Gasteiger partial charge < -0.3 is 42.6 Å². The Bertz CT molecular complexity index is 1310. The van der Waals surface area contributed by atoms with E-state index in [4.69, 9.17) is 26.1 Å². The lowest BCUT2D eigenvalue weighted by Crippen LogP contribution is -2.53. The quantitative estimate of drug-likeness (QED) is 0.105. The fourth-order valence-electron chi connectivity index (χ4n) is 3.76. The molecule has 9 N–H and O–H groups in total. The van der Waals surface area contributed by atoms with Crippen LogP contribution in [0.3, 0.4) is 0 Å². The SMILES string of the molecule is CC(=O)O.CC(C)[C@H](NC(=O)OC(C)(C)C)C(=O)NCC(=O)N[C@@H](CCCN=C(N)N)C(=O)Nc1ccc2ccccc2c1. The molecule has 0 saturated heterocycles. The zero-order chi connectivity index (χ0) is 33.4. The Morgan fingerprint density at radius 2 is 1.57 bits per heavy atom. The third-order valence-electron chi connectivity index (χ3n) is 5.66. The van der Waals surface area contributed by atoms with E-state index in [-0.39, 0.29) is 24.8 Å². The van der Waals surface area contributed by atoms with Crippen molar-refractivity contribution in [3.05, 3.63) is 42.5 Å². The highest BCUT2D eigenvalue weighted by molar-refractivity contribution is 5.99. The third kappa shape index (κ3) is 15.4. The van der Waals surface area contributed by atoms with E-state index in [1.54, 1.807) is 40.7 Å². The molecule has 2 aromatic rings. The van der Waals surface area contributed by atoms with Gasteiger partial charge in [0.05, 0.1) is 6.54 Å². The molecule has 4 amide bonds. The average Bonchev–Trinajstić information content (AvgIpc) is 2.90. The molecule has 0 bridgehead atoms. The minimum absolute atomic E-state index is 0.0661. The Balaban J connectivity index is 0.00000227. The molecule has 0 spiro atoms. The maximum absolute atomic E-state index is 13.1. The summed E-state index contributed by atoms with van der Waals surface area (Å²) < 4.78 is 5.23. The van der Waals surface area contributed by atoms with Crippen molar-refractivity contribution >= 4 is 52.2 Å². The molecule has 0 unspecified atom stereocenters. The second-order valence-electron chi connectivity index (χ2n) is 11.2. The number of ether oxygens (including phenoxy) is 1. The Kier molecular flexibility index (Phi) is 15.1. The number of aliphatic imine (C=N–C) groups is 1. The molecule has 0 aliphatic carbocycles. The van der Waals surface area contributed by atoms with Crippen LogP contribution in [0, 0.1) is 5.92 Å². The van der Waals surface area contributed by atoms with E-state index in [0.717, 1.165) is 17.7 Å². The predicted molar refractivity (Wildman–Crippen MR) is 169 cm³/mol. The number of hydrogen-bond donors (Lipinski definition) is 7. The lowest BCUT2D eigenvalue weighted by atomic mass is 10.0. The summed E-state index contributed by atoms with van der Waals surface area (Å²) in [5.41, 5.74) is 10.6. The Hall–Kier alpha value is -4.88. The molecule has 0 aliphatic rings. The molecule has 0 aliphatic heterocycles. The standard InChI is InChI=1S/C28H41N7O5.C2H4O2/c1-17(2)23(35-27(39)40-28(3,4)5)25(38)32-16-22(36)34-21(11-8-14-31-26(29)30)24(37)33-20-13-12-18-9-6-7-10-19(18)15-20;1-2(3)4/h6-7,9-10,12-13,15,17,21,23H,8,11,14,16H2,1-5H3,(H,32,38)(H,33,37)(H,34,36)(H,35,39)(H4,29,30,31);1H3,(H,3,4)/t21-,23-;/m0./s1. The molecule has 14 nitrogen and oxygen atoms in total. The number of nitrogens with zero attached hydrogens (tertiary/aromatic N) is 1. The minimum Gasteiger partial charge on any atom is -0.481 e. The number of alkyl carbamates (subject to hydrolysis) is 1. The summed E-state index contributed by atoms with van der Waals surface area (Å²) in [6.07, 6.45) is -0.0581. The molecular formula is C30H45N7O7. The van der Waals surface area contributed by atoms with Crippen molar-refractivity contribution < 1.29 is 33.8 Å². The van der Waals surface area contributed by atoms with Gasteiger partial charge in [0.25, 0.3) is 5.97 Å². The average molecular weight is 616 g/mol. The molecular weight excluding hydrogens is 570 g/mol. The minimum atomic E-state index is -0.922. The number of aliphatic carboxylic acids is 1. The second-order valence-corrected chi connectivity index (χ2v) is 11.2. The molecule has 14 heteroatoms. The van der Waals surface area contributed by atoms with Crippen LogP contribution in [0.2, 0.25) is 0 Å². The number of carbonyl (C=O) groups is 5. The fraction of sp³-hybridized carbons (Fsp3) is 0.467. The van der Waals surface area contributed by atoms with Crippen LogP contribution >= 0.6 is 0 Å². The number of rotatable bonds is 12. The van der Waals surface area contributed by atoms with Gasteiger partial charge in [0.15, 0.2) is 5.96 Å². The highest BCUT2D eigenvalue weighted by Crippen LogP contribution is 2.19. The van der Waals surface area contributed by atoms with Crippen LogP contribution in [0.15, 0.2) is 47.5 Å². The zero-order valence-corrected chi connectivity index (χ0v) is 26.1. The van der Waals surface area contributed by atoms with Crippen LogP contribution in [-0.4, -0.2) is 71.6 Å². The van der Waals surface area contributed by atoms with E-state index < -0.39 is 54.0 Å². The highest BCUT2D eigenvalue weighted by atomic mass is 16.6. The molecule has 44 heavy (non-hydrogen) atoms. The number of carbonyl (C=O) groups excluding carboxylic acids is 4. The van der Waals surface area contributed by atoms with Crippen molar-refractivity contribution in [2.24, 2.45) is 22.4 Å². The van der Waals surface area contributed by atoms with Gasteiger partial charge in [-0.1, -0.05) is 44.2 Å².